The number of hydrogen-bond donors (Lipinski definition) is 0. The molecule has 1 aromatic rings. The van der Waals surface area contributed by atoms with Gasteiger partial charge in [0.1, 0.15) is 5.75 Å². The number of ether oxygens (including phenoxy) is 1. The van der Waals surface area contributed by atoms with Crippen molar-refractivity contribution in [2.24, 2.45) is 0 Å². The lowest BCUT2D eigenvalue weighted by atomic mass is 10.1. The lowest BCUT2D eigenvalue weighted by Crippen LogP contribution is -2.07. The molecule has 0 saturated carbocycles. The molecule has 0 bridgehead atoms. The van der Waals surface area contributed by atoms with Crippen molar-refractivity contribution in [3.05, 3.63) is 29.3 Å². The molecule has 1 nitrogen and oxygen atoms in total. The molecule has 0 atom stereocenters. The standard InChI is InChI=1S/C12H18O.C2H6.CH4/c1-5-11-10(4)7-6-8-12(11)13-9(2)3;1-2;/h6-9H,5H2,1-4H3;1-2H3;1H4. The quantitative estimate of drug-likeness (QED) is 0.701. The van der Waals surface area contributed by atoms with Gasteiger partial charge < -0.3 is 4.74 Å². The van der Waals surface area contributed by atoms with Crippen LogP contribution in [-0.4, -0.2) is 6.10 Å². The van der Waals surface area contributed by atoms with Gasteiger partial charge in [0.05, 0.1) is 6.10 Å². The molecule has 1 aromatic carbocycles. The summed E-state index contributed by atoms with van der Waals surface area (Å²) in [6, 6.07) is 6.23. The fourth-order valence-corrected chi connectivity index (χ4v) is 1.49. The van der Waals surface area contributed by atoms with Gasteiger partial charge in [0.25, 0.3) is 0 Å². The van der Waals surface area contributed by atoms with Crippen LogP contribution in [0.3, 0.4) is 0 Å². The third kappa shape index (κ3) is 5.20. The summed E-state index contributed by atoms with van der Waals surface area (Å²) in [5.41, 5.74) is 2.65. The molecule has 16 heavy (non-hydrogen) atoms. The minimum atomic E-state index is 0. The van der Waals surface area contributed by atoms with E-state index in [4.69, 9.17) is 4.74 Å². The highest BCUT2D eigenvalue weighted by Crippen LogP contribution is 2.23. The molecule has 0 aromatic heterocycles. The van der Waals surface area contributed by atoms with Crippen molar-refractivity contribution in [3.8, 4) is 5.75 Å². The van der Waals surface area contributed by atoms with Crippen molar-refractivity contribution in [2.75, 3.05) is 0 Å². The van der Waals surface area contributed by atoms with E-state index in [0.29, 0.717) is 0 Å². The summed E-state index contributed by atoms with van der Waals surface area (Å²) in [5, 5.41) is 0. The molecular formula is C15H28O. The fourth-order valence-electron chi connectivity index (χ4n) is 1.49. The maximum absolute atomic E-state index is 5.72. The summed E-state index contributed by atoms with van der Waals surface area (Å²) >= 11 is 0. The van der Waals surface area contributed by atoms with Crippen LogP contribution in [0.2, 0.25) is 0 Å². The first-order valence-corrected chi connectivity index (χ1v) is 5.90. The molecule has 0 saturated heterocycles. The molecule has 0 fully saturated rings. The Bertz CT molecular complexity index is 277. The lowest BCUT2D eigenvalue weighted by molar-refractivity contribution is 0.240. The second-order valence-electron chi connectivity index (χ2n) is 3.57. The predicted molar refractivity (Wildman–Crippen MR) is 74.4 cm³/mol. The molecular weight excluding hydrogens is 196 g/mol. The predicted octanol–water partition coefficient (Wildman–Crippen LogP) is 5.01. The van der Waals surface area contributed by atoms with E-state index >= 15 is 0 Å². The zero-order valence-electron chi connectivity index (χ0n) is 10.9. The van der Waals surface area contributed by atoms with Crippen LogP contribution in [0, 0.1) is 6.92 Å². The van der Waals surface area contributed by atoms with Gasteiger partial charge in [0.15, 0.2) is 0 Å². The summed E-state index contributed by atoms with van der Waals surface area (Å²) in [5.74, 6) is 1.04. The molecule has 0 N–H and O–H groups in total. The summed E-state index contributed by atoms with van der Waals surface area (Å²) in [6.45, 7) is 12.4. The van der Waals surface area contributed by atoms with E-state index in [1.54, 1.807) is 0 Å². The zero-order valence-corrected chi connectivity index (χ0v) is 10.9. The highest BCUT2D eigenvalue weighted by Gasteiger charge is 2.05. The van der Waals surface area contributed by atoms with Crippen LogP contribution in [0.4, 0.5) is 0 Å². The lowest BCUT2D eigenvalue weighted by Gasteiger charge is -2.14. The van der Waals surface area contributed by atoms with Crippen molar-refractivity contribution in [1.82, 2.24) is 0 Å². The highest BCUT2D eigenvalue weighted by molar-refractivity contribution is 5.39. The third-order valence-electron chi connectivity index (χ3n) is 2.08. The molecule has 0 aliphatic rings. The van der Waals surface area contributed by atoms with Gasteiger partial charge in [-0.2, -0.15) is 0 Å². The van der Waals surface area contributed by atoms with Gasteiger partial charge in [-0.3, -0.25) is 0 Å². The Morgan fingerprint density at radius 3 is 2.19 bits per heavy atom. The Morgan fingerprint density at radius 2 is 1.75 bits per heavy atom. The van der Waals surface area contributed by atoms with Crippen molar-refractivity contribution in [1.29, 1.82) is 0 Å². The van der Waals surface area contributed by atoms with Gasteiger partial charge in [-0.05, 0) is 44.4 Å². The molecule has 0 aliphatic heterocycles. The van der Waals surface area contributed by atoms with Crippen LogP contribution in [0.1, 0.15) is 53.2 Å². The number of aryl methyl sites for hydroxylation is 1. The van der Waals surface area contributed by atoms with E-state index in [9.17, 15) is 0 Å². The fraction of sp³-hybridized carbons (Fsp3) is 0.600. The summed E-state index contributed by atoms with van der Waals surface area (Å²) in [4.78, 5) is 0. The van der Waals surface area contributed by atoms with Crippen LogP contribution in [0.5, 0.6) is 5.75 Å². The highest BCUT2D eigenvalue weighted by atomic mass is 16.5. The molecule has 0 heterocycles. The minimum absolute atomic E-state index is 0. The summed E-state index contributed by atoms with van der Waals surface area (Å²) in [7, 11) is 0. The first-order valence-electron chi connectivity index (χ1n) is 5.90. The first kappa shape index (κ1) is 17.4. The second kappa shape index (κ2) is 9.26. The SMILES string of the molecule is C.CC.CCc1c(C)cccc1OC(C)C. The van der Waals surface area contributed by atoms with Crippen LogP contribution in [-0.2, 0) is 6.42 Å². The summed E-state index contributed by atoms with van der Waals surface area (Å²) < 4.78 is 5.72. The van der Waals surface area contributed by atoms with Gasteiger partial charge in [-0.15, -0.1) is 0 Å². The molecule has 0 amide bonds. The third-order valence-corrected chi connectivity index (χ3v) is 2.08. The van der Waals surface area contributed by atoms with Crippen LogP contribution in [0.15, 0.2) is 18.2 Å². The van der Waals surface area contributed by atoms with E-state index in [-0.39, 0.29) is 13.5 Å². The molecule has 94 valence electrons. The van der Waals surface area contributed by atoms with Crippen LogP contribution < -0.4 is 4.74 Å². The molecule has 1 rings (SSSR count). The maximum atomic E-state index is 5.72. The van der Waals surface area contributed by atoms with E-state index in [2.05, 4.69) is 33.8 Å². The van der Waals surface area contributed by atoms with Gasteiger partial charge in [-0.1, -0.05) is 40.3 Å². The average Bonchev–Trinajstić information content (AvgIpc) is 2.20. The number of rotatable bonds is 3. The summed E-state index contributed by atoms with van der Waals surface area (Å²) in [6.07, 6.45) is 1.29. The monoisotopic (exact) mass is 224 g/mol. The smallest absolute Gasteiger partial charge is 0.123 e. The Hall–Kier alpha value is -0.980. The topological polar surface area (TPSA) is 9.23 Å². The Kier molecular flexibility index (Phi) is 10.1. The molecule has 1 heteroatoms. The molecule has 0 radical (unpaired) electrons. The number of benzene rings is 1. The van der Waals surface area contributed by atoms with E-state index in [1.807, 2.05) is 26.0 Å². The van der Waals surface area contributed by atoms with Crippen molar-refractivity contribution >= 4 is 0 Å². The maximum Gasteiger partial charge on any atom is 0.123 e. The van der Waals surface area contributed by atoms with Crippen molar-refractivity contribution < 1.29 is 4.74 Å². The Morgan fingerprint density at radius 1 is 1.19 bits per heavy atom. The average molecular weight is 224 g/mol. The number of hydrogen-bond acceptors (Lipinski definition) is 1. The largest absolute Gasteiger partial charge is 0.491 e. The van der Waals surface area contributed by atoms with Crippen LogP contribution in [0.25, 0.3) is 0 Å². The Balaban J connectivity index is 0. The van der Waals surface area contributed by atoms with Gasteiger partial charge in [-0.25, -0.2) is 0 Å². The van der Waals surface area contributed by atoms with Gasteiger partial charge in [0, 0.05) is 0 Å². The Labute approximate surface area is 102 Å². The van der Waals surface area contributed by atoms with Crippen molar-refractivity contribution in [2.45, 2.75) is 61.5 Å². The molecule has 0 spiro atoms. The van der Waals surface area contributed by atoms with E-state index in [0.717, 1.165) is 12.2 Å². The van der Waals surface area contributed by atoms with Gasteiger partial charge in [0.2, 0.25) is 0 Å². The second-order valence-corrected chi connectivity index (χ2v) is 3.57. The normalized spacial score (nSPS) is 8.94. The zero-order chi connectivity index (χ0) is 11.8. The minimum Gasteiger partial charge on any atom is -0.491 e. The first-order chi connectivity index (χ1) is 7.15. The molecule has 0 aliphatic carbocycles. The van der Waals surface area contributed by atoms with E-state index < -0.39 is 0 Å². The van der Waals surface area contributed by atoms with Gasteiger partial charge >= 0.3 is 0 Å². The van der Waals surface area contributed by atoms with Crippen molar-refractivity contribution in [3.63, 3.8) is 0 Å². The van der Waals surface area contributed by atoms with Crippen LogP contribution >= 0.6 is 0 Å². The van der Waals surface area contributed by atoms with E-state index in [1.165, 1.54) is 11.1 Å². The molecule has 0 unspecified atom stereocenters.